The first-order valence-electron chi connectivity index (χ1n) is 5.58. The van der Waals surface area contributed by atoms with E-state index in [0.717, 1.165) is 17.1 Å². The van der Waals surface area contributed by atoms with Gasteiger partial charge in [0.05, 0.1) is 23.0 Å². The Kier molecular flexibility index (Phi) is 3.56. The summed E-state index contributed by atoms with van der Waals surface area (Å²) in [5.41, 5.74) is 8.46. The molecule has 0 aliphatic rings. The van der Waals surface area contributed by atoms with Crippen LogP contribution >= 0.6 is 22.9 Å². The van der Waals surface area contributed by atoms with Gasteiger partial charge < -0.3 is 5.73 Å². The predicted molar refractivity (Wildman–Crippen MR) is 72.7 cm³/mol. The molecule has 0 amide bonds. The third-order valence-electron chi connectivity index (χ3n) is 2.92. The molecule has 0 radical (unpaired) electrons. The van der Waals surface area contributed by atoms with Crippen LogP contribution in [0, 0.1) is 13.8 Å². The third kappa shape index (κ3) is 2.25. The standard InChI is InChI=1S/C12H16ClN3S/c1-4-16-12(9(13)6-15-16)11(14)10-5-7(2)8(3)17-10/h5-6,11H,4,14H2,1-3H3. The minimum atomic E-state index is -0.192. The summed E-state index contributed by atoms with van der Waals surface area (Å²) in [4.78, 5) is 2.44. The number of nitrogens with zero attached hydrogens (tertiary/aromatic N) is 2. The van der Waals surface area contributed by atoms with Gasteiger partial charge in [-0.3, -0.25) is 4.68 Å². The molecule has 2 aromatic rings. The Hall–Kier alpha value is -0.840. The Morgan fingerprint density at radius 3 is 2.76 bits per heavy atom. The van der Waals surface area contributed by atoms with Crippen LogP contribution in [-0.4, -0.2) is 9.78 Å². The van der Waals surface area contributed by atoms with Gasteiger partial charge >= 0.3 is 0 Å². The summed E-state index contributed by atoms with van der Waals surface area (Å²) >= 11 is 7.88. The highest BCUT2D eigenvalue weighted by molar-refractivity contribution is 7.12. The number of rotatable bonds is 3. The number of aromatic nitrogens is 2. The Labute approximate surface area is 110 Å². The highest BCUT2D eigenvalue weighted by Gasteiger charge is 2.20. The molecule has 0 saturated heterocycles. The maximum Gasteiger partial charge on any atom is 0.0837 e. The van der Waals surface area contributed by atoms with Gasteiger partial charge in [0.1, 0.15) is 0 Å². The van der Waals surface area contributed by atoms with E-state index in [1.807, 2.05) is 11.6 Å². The van der Waals surface area contributed by atoms with Crippen LogP contribution < -0.4 is 5.73 Å². The van der Waals surface area contributed by atoms with Crippen molar-refractivity contribution in [3.63, 3.8) is 0 Å². The summed E-state index contributed by atoms with van der Waals surface area (Å²) in [7, 11) is 0. The summed E-state index contributed by atoms with van der Waals surface area (Å²) in [6.45, 7) is 7.01. The first-order chi connectivity index (χ1) is 8.04. The second-order valence-corrected chi connectivity index (χ2v) is 5.75. The van der Waals surface area contributed by atoms with Gasteiger partial charge in [-0.05, 0) is 32.4 Å². The van der Waals surface area contributed by atoms with Crippen molar-refractivity contribution in [1.29, 1.82) is 0 Å². The molecule has 2 N–H and O–H groups in total. The van der Waals surface area contributed by atoms with Gasteiger partial charge in [-0.1, -0.05) is 11.6 Å². The van der Waals surface area contributed by atoms with E-state index in [9.17, 15) is 0 Å². The molecule has 92 valence electrons. The molecule has 17 heavy (non-hydrogen) atoms. The molecule has 0 aliphatic heterocycles. The quantitative estimate of drug-likeness (QED) is 0.929. The summed E-state index contributed by atoms with van der Waals surface area (Å²) in [5, 5.41) is 4.86. The smallest absolute Gasteiger partial charge is 0.0837 e. The zero-order chi connectivity index (χ0) is 12.6. The molecule has 1 unspecified atom stereocenters. The third-order valence-corrected chi connectivity index (χ3v) is 4.45. The van der Waals surface area contributed by atoms with Crippen LogP contribution in [-0.2, 0) is 6.54 Å². The van der Waals surface area contributed by atoms with Gasteiger partial charge in [-0.15, -0.1) is 11.3 Å². The summed E-state index contributed by atoms with van der Waals surface area (Å²) < 4.78 is 1.86. The fraction of sp³-hybridized carbons (Fsp3) is 0.417. The average molecular weight is 270 g/mol. The normalized spacial score (nSPS) is 13.0. The highest BCUT2D eigenvalue weighted by Crippen LogP contribution is 2.32. The lowest BCUT2D eigenvalue weighted by Gasteiger charge is -2.12. The first kappa shape index (κ1) is 12.6. The summed E-state index contributed by atoms with van der Waals surface area (Å²) in [5.74, 6) is 0. The molecular formula is C12H16ClN3S. The molecule has 5 heteroatoms. The molecule has 3 nitrogen and oxygen atoms in total. The largest absolute Gasteiger partial charge is 0.318 e. The maximum absolute atomic E-state index is 6.29. The number of aryl methyl sites for hydroxylation is 3. The zero-order valence-electron chi connectivity index (χ0n) is 10.2. The van der Waals surface area contributed by atoms with Crippen molar-refractivity contribution in [2.75, 3.05) is 0 Å². The maximum atomic E-state index is 6.29. The molecule has 0 spiro atoms. The SMILES string of the molecule is CCn1ncc(Cl)c1C(N)c1cc(C)c(C)s1. The molecule has 0 fully saturated rings. The zero-order valence-corrected chi connectivity index (χ0v) is 11.8. The van der Waals surface area contributed by atoms with Gasteiger partial charge in [0, 0.05) is 16.3 Å². The van der Waals surface area contributed by atoms with Crippen molar-refractivity contribution in [2.24, 2.45) is 5.73 Å². The Bertz CT molecular complexity index is 510. The van der Waals surface area contributed by atoms with Crippen LogP contribution in [0.4, 0.5) is 0 Å². The fourth-order valence-corrected chi connectivity index (χ4v) is 3.13. The minimum Gasteiger partial charge on any atom is -0.318 e. The van der Waals surface area contributed by atoms with Crippen LogP contribution in [0.3, 0.4) is 0 Å². The van der Waals surface area contributed by atoms with E-state index in [1.165, 1.54) is 10.4 Å². The lowest BCUT2D eigenvalue weighted by molar-refractivity contribution is 0.603. The predicted octanol–water partition coefficient (Wildman–Crippen LogP) is 3.28. The van der Waals surface area contributed by atoms with Gasteiger partial charge in [-0.2, -0.15) is 5.10 Å². The van der Waals surface area contributed by atoms with E-state index >= 15 is 0 Å². The second kappa shape index (κ2) is 4.80. The number of thiophene rings is 1. The van der Waals surface area contributed by atoms with Gasteiger partial charge in [0.15, 0.2) is 0 Å². The second-order valence-electron chi connectivity index (χ2n) is 4.06. The van der Waals surface area contributed by atoms with Crippen LogP contribution in [0.25, 0.3) is 0 Å². The topological polar surface area (TPSA) is 43.8 Å². The van der Waals surface area contributed by atoms with Crippen molar-refractivity contribution < 1.29 is 0 Å². The Morgan fingerprint density at radius 1 is 1.53 bits per heavy atom. The lowest BCUT2D eigenvalue weighted by atomic mass is 10.1. The molecule has 1 atom stereocenters. The van der Waals surface area contributed by atoms with Gasteiger partial charge in [0.25, 0.3) is 0 Å². The first-order valence-corrected chi connectivity index (χ1v) is 6.77. The molecule has 2 rings (SSSR count). The molecular weight excluding hydrogens is 254 g/mol. The molecule has 0 aromatic carbocycles. The van der Waals surface area contributed by atoms with Crippen molar-refractivity contribution in [3.05, 3.63) is 38.3 Å². The summed E-state index contributed by atoms with van der Waals surface area (Å²) in [6, 6.07) is 1.94. The van der Waals surface area contributed by atoms with Crippen molar-refractivity contribution in [3.8, 4) is 0 Å². The van der Waals surface area contributed by atoms with Crippen molar-refractivity contribution in [1.82, 2.24) is 9.78 Å². The monoisotopic (exact) mass is 269 g/mol. The van der Waals surface area contributed by atoms with Gasteiger partial charge in [0.2, 0.25) is 0 Å². The summed E-state index contributed by atoms with van der Waals surface area (Å²) in [6.07, 6.45) is 1.66. The molecule has 0 saturated carbocycles. The van der Waals surface area contributed by atoms with E-state index in [1.54, 1.807) is 17.5 Å². The number of halogens is 1. The number of hydrogen-bond donors (Lipinski definition) is 1. The van der Waals surface area contributed by atoms with E-state index in [2.05, 4.69) is 25.0 Å². The van der Waals surface area contributed by atoms with Crippen LogP contribution in [0.2, 0.25) is 5.02 Å². The Morgan fingerprint density at radius 2 is 2.24 bits per heavy atom. The Balaban J connectivity index is 2.42. The number of hydrogen-bond acceptors (Lipinski definition) is 3. The van der Waals surface area contributed by atoms with E-state index in [0.29, 0.717) is 5.02 Å². The molecule has 2 aromatic heterocycles. The van der Waals surface area contributed by atoms with E-state index < -0.39 is 0 Å². The van der Waals surface area contributed by atoms with Crippen molar-refractivity contribution in [2.45, 2.75) is 33.4 Å². The lowest BCUT2D eigenvalue weighted by Crippen LogP contribution is -2.16. The molecule has 0 bridgehead atoms. The van der Waals surface area contributed by atoms with Crippen LogP contribution in [0.1, 0.15) is 34.0 Å². The average Bonchev–Trinajstić information content (AvgIpc) is 2.82. The fourth-order valence-electron chi connectivity index (χ4n) is 1.82. The number of nitrogens with two attached hydrogens (primary N) is 1. The van der Waals surface area contributed by atoms with E-state index in [-0.39, 0.29) is 6.04 Å². The molecule has 0 aliphatic carbocycles. The highest BCUT2D eigenvalue weighted by atomic mass is 35.5. The van der Waals surface area contributed by atoms with Crippen LogP contribution in [0.15, 0.2) is 12.3 Å². The van der Waals surface area contributed by atoms with E-state index in [4.69, 9.17) is 17.3 Å². The minimum absolute atomic E-state index is 0.192. The van der Waals surface area contributed by atoms with Crippen molar-refractivity contribution >= 4 is 22.9 Å². The van der Waals surface area contributed by atoms with Crippen LogP contribution in [0.5, 0.6) is 0 Å². The molecule has 2 heterocycles. The van der Waals surface area contributed by atoms with Gasteiger partial charge in [-0.25, -0.2) is 0 Å².